The predicted molar refractivity (Wildman–Crippen MR) is 74.1 cm³/mol. The molecule has 0 spiro atoms. The van der Waals surface area contributed by atoms with Crippen molar-refractivity contribution in [1.82, 2.24) is 5.32 Å². The molecule has 0 aliphatic rings. The Bertz CT molecular complexity index is 328. The van der Waals surface area contributed by atoms with Crippen LogP contribution in [0.3, 0.4) is 0 Å². The maximum atomic E-state index is 5.88. The first kappa shape index (κ1) is 14.3. The van der Waals surface area contributed by atoms with Gasteiger partial charge in [-0.3, -0.25) is 0 Å². The van der Waals surface area contributed by atoms with Crippen molar-refractivity contribution in [3.63, 3.8) is 0 Å². The van der Waals surface area contributed by atoms with Gasteiger partial charge in [-0.15, -0.1) is 0 Å². The fourth-order valence-corrected chi connectivity index (χ4v) is 1.81. The number of hydrogen-bond donors (Lipinski definition) is 1. The molecule has 0 radical (unpaired) electrons. The van der Waals surface area contributed by atoms with E-state index in [4.69, 9.17) is 16.3 Å². The van der Waals surface area contributed by atoms with Gasteiger partial charge >= 0.3 is 0 Å². The molecule has 3 heteroatoms. The average molecular weight is 256 g/mol. The normalized spacial score (nSPS) is 10.5. The summed E-state index contributed by atoms with van der Waals surface area (Å²) in [5.74, 6) is 0.933. The van der Waals surface area contributed by atoms with Gasteiger partial charge in [-0.1, -0.05) is 24.9 Å². The lowest BCUT2D eigenvalue weighted by atomic mass is 10.2. The number of rotatable bonds is 8. The first-order chi connectivity index (χ1) is 8.24. The molecule has 1 N–H and O–H groups in total. The van der Waals surface area contributed by atoms with Crippen LogP contribution in [0.2, 0.25) is 5.02 Å². The van der Waals surface area contributed by atoms with E-state index in [-0.39, 0.29) is 0 Å². The quantitative estimate of drug-likeness (QED) is 0.714. The summed E-state index contributed by atoms with van der Waals surface area (Å²) in [5, 5.41) is 4.16. The first-order valence-corrected chi connectivity index (χ1v) is 6.71. The Balaban J connectivity index is 2.14. The maximum Gasteiger partial charge on any atom is 0.122 e. The molecular formula is C14H22ClNO. The lowest BCUT2D eigenvalue weighted by Crippen LogP contribution is -2.18. The maximum absolute atomic E-state index is 5.88. The minimum atomic E-state index is 0.752. The summed E-state index contributed by atoms with van der Waals surface area (Å²) in [6, 6.07) is 5.72. The minimum absolute atomic E-state index is 0.752. The van der Waals surface area contributed by atoms with Crippen molar-refractivity contribution in [3.05, 3.63) is 28.8 Å². The van der Waals surface area contributed by atoms with E-state index >= 15 is 0 Å². The van der Waals surface area contributed by atoms with Crippen LogP contribution in [0.5, 0.6) is 5.75 Å². The number of aryl methyl sites for hydroxylation is 1. The molecule has 0 amide bonds. The highest BCUT2D eigenvalue weighted by Crippen LogP contribution is 2.21. The third-order valence-corrected chi connectivity index (χ3v) is 2.83. The topological polar surface area (TPSA) is 21.3 Å². The largest absolute Gasteiger partial charge is 0.493 e. The van der Waals surface area contributed by atoms with Gasteiger partial charge < -0.3 is 10.1 Å². The second-order valence-corrected chi connectivity index (χ2v) is 4.65. The van der Waals surface area contributed by atoms with Gasteiger partial charge in [-0.2, -0.15) is 0 Å². The van der Waals surface area contributed by atoms with Crippen molar-refractivity contribution >= 4 is 11.6 Å². The number of nitrogens with one attached hydrogen (secondary N) is 1. The predicted octanol–water partition coefficient (Wildman–Crippen LogP) is 3.81. The van der Waals surface area contributed by atoms with Crippen molar-refractivity contribution in [1.29, 1.82) is 0 Å². The van der Waals surface area contributed by atoms with Crippen LogP contribution in [-0.2, 0) is 0 Å². The molecule has 0 aliphatic heterocycles. The molecule has 0 fully saturated rings. The summed E-state index contributed by atoms with van der Waals surface area (Å²) in [6.45, 7) is 7.10. The minimum Gasteiger partial charge on any atom is -0.493 e. The molecule has 17 heavy (non-hydrogen) atoms. The molecular weight excluding hydrogens is 234 g/mol. The molecule has 0 unspecified atom stereocenters. The van der Waals surface area contributed by atoms with E-state index in [1.165, 1.54) is 12.8 Å². The Hall–Kier alpha value is -0.730. The number of ether oxygens (including phenoxy) is 1. The molecule has 96 valence electrons. The highest BCUT2D eigenvalue weighted by Gasteiger charge is 1.99. The number of unbranched alkanes of at least 4 members (excludes halogenated alkanes) is 1. The van der Waals surface area contributed by atoms with E-state index in [9.17, 15) is 0 Å². The van der Waals surface area contributed by atoms with Crippen molar-refractivity contribution in [2.24, 2.45) is 0 Å². The SMILES string of the molecule is CCCCNCCCOc1ccc(Cl)cc1C. The molecule has 2 nitrogen and oxygen atoms in total. The summed E-state index contributed by atoms with van der Waals surface area (Å²) in [5.41, 5.74) is 1.09. The molecule has 1 aromatic carbocycles. The second-order valence-electron chi connectivity index (χ2n) is 4.22. The van der Waals surface area contributed by atoms with Crippen LogP contribution in [0.25, 0.3) is 0 Å². The van der Waals surface area contributed by atoms with Crippen LogP contribution in [0.1, 0.15) is 31.7 Å². The summed E-state index contributed by atoms with van der Waals surface area (Å²) in [7, 11) is 0. The van der Waals surface area contributed by atoms with E-state index in [2.05, 4.69) is 12.2 Å². The summed E-state index contributed by atoms with van der Waals surface area (Å²) in [4.78, 5) is 0. The Labute approximate surface area is 109 Å². The van der Waals surface area contributed by atoms with Gasteiger partial charge in [0.1, 0.15) is 5.75 Å². The van der Waals surface area contributed by atoms with Crippen molar-refractivity contribution in [2.45, 2.75) is 33.1 Å². The van der Waals surface area contributed by atoms with Gasteiger partial charge in [-0.05, 0) is 56.6 Å². The van der Waals surface area contributed by atoms with Crippen molar-refractivity contribution in [3.8, 4) is 5.75 Å². The zero-order chi connectivity index (χ0) is 12.5. The smallest absolute Gasteiger partial charge is 0.122 e. The standard InChI is InChI=1S/C14H22ClNO/c1-3-4-8-16-9-5-10-17-14-7-6-13(15)11-12(14)2/h6-7,11,16H,3-5,8-10H2,1-2H3. The lowest BCUT2D eigenvalue weighted by molar-refractivity contribution is 0.306. The molecule has 0 bridgehead atoms. The zero-order valence-corrected chi connectivity index (χ0v) is 11.5. The third-order valence-electron chi connectivity index (χ3n) is 2.60. The molecule has 0 saturated carbocycles. The Morgan fingerprint density at radius 3 is 2.71 bits per heavy atom. The van der Waals surface area contributed by atoms with E-state index < -0.39 is 0 Å². The van der Waals surface area contributed by atoms with Gasteiger partial charge in [0.2, 0.25) is 0 Å². The van der Waals surface area contributed by atoms with Crippen LogP contribution in [0, 0.1) is 6.92 Å². The zero-order valence-electron chi connectivity index (χ0n) is 10.8. The fourth-order valence-electron chi connectivity index (χ4n) is 1.58. The van der Waals surface area contributed by atoms with Gasteiger partial charge in [0.05, 0.1) is 6.61 Å². The van der Waals surface area contributed by atoms with E-state index in [1.54, 1.807) is 0 Å². The number of halogens is 1. The van der Waals surface area contributed by atoms with Crippen LogP contribution in [-0.4, -0.2) is 19.7 Å². The van der Waals surface area contributed by atoms with Crippen LogP contribution in [0.4, 0.5) is 0 Å². The summed E-state index contributed by atoms with van der Waals surface area (Å²) < 4.78 is 5.70. The van der Waals surface area contributed by atoms with Gasteiger partial charge in [-0.25, -0.2) is 0 Å². The Morgan fingerprint density at radius 2 is 2.00 bits per heavy atom. The highest BCUT2D eigenvalue weighted by atomic mass is 35.5. The molecule has 0 aromatic heterocycles. The summed E-state index contributed by atoms with van der Waals surface area (Å²) in [6.07, 6.45) is 3.52. The molecule has 0 saturated heterocycles. The van der Waals surface area contributed by atoms with Crippen molar-refractivity contribution in [2.75, 3.05) is 19.7 Å². The van der Waals surface area contributed by atoms with Crippen LogP contribution < -0.4 is 10.1 Å². The van der Waals surface area contributed by atoms with E-state index in [1.807, 2.05) is 25.1 Å². The fraction of sp³-hybridized carbons (Fsp3) is 0.571. The van der Waals surface area contributed by atoms with Gasteiger partial charge in [0.15, 0.2) is 0 Å². The van der Waals surface area contributed by atoms with Gasteiger partial charge in [0.25, 0.3) is 0 Å². The van der Waals surface area contributed by atoms with Crippen LogP contribution in [0.15, 0.2) is 18.2 Å². The van der Waals surface area contributed by atoms with Crippen molar-refractivity contribution < 1.29 is 4.74 Å². The van der Waals surface area contributed by atoms with Gasteiger partial charge in [0, 0.05) is 5.02 Å². The monoisotopic (exact) mass is 255 g/mol. The Morgan fingerprint density at radius 1 is 1.24 bits per heavy atom. The molecule has 1 aromatic rings. The second kappa shape index (κ2) is 8.37. The van der Waals surface area contributed by atoms with E-state index in [0.717, 1.165) is 42.5 Å². The molecule has 0 atom stereocenters. The van der Waals surface area contributed by atoms with Crippen LogP contribution >= 0.6 is 11.6 Å². The Kier molecular flexibility index (Phi) is 7.06. The molecule has 0 heterocycles. The average Bonchev–Trinajstić information content (AvgIpc) is 2.30. The molecule has 1 rings (SSSR count). The summed E-state index contributed by atoms with van der Waals surface area (Å²) >= 11 is 5.88. The molecule has 0 aliphatic carbocycles. The highest BCUT2D eigenvalue weighted by molar-refractivity contribution is 6.30. The first-order valence-electron chi connectivity index (χ1n) is 6.33. The number of hydrogen-bond acceptors (Lipinski definition) is 2. The number of benzene rings is 1. The van der Waals surface area contributed by atoms with E-state index in [0.29, 0.717) is 0 Å². The third kappa shape index (κ3) is 5.94. The lowest BCUT2D eigenvalue weighted by Gasteiger charge is -2.09.